The Bertz CT molecular complexity index is 1640. The highest BCUT2D eigenvalue weighted by molar-refractivity contribution is 8.00. The lowest BCUT2D eigenvalue weighted by atomic mass is 9.87. The highest BCUT2D eigenvalue weighted by atomic mass is 35.5. The summed E-state index contributed by atoms with van der Waals surface area (Å²) in [6.07, 6.45) is 3.35. The number of pyridine rings is 1. The molecule has 1 N–H and O–H groups in total. The van der Waals surface area contributed by atoms with Gasteiger partial charge in [0.25, 0.3) is 0 Å². The molecule has 0 bridgehead atoms. The van der Waals surface area contributed by atoms with E-state index in [1.807, 2.05) is 48.5 Å². The molecular weight excluding hydrogens is 586 g/mol. The minimum atomic E-state index is -0.408. The number of carbonyl (C=O) groups is 2. The van der Waals surface area contributed by atoms with E-state index >= 15 is 0 Å². The number of amides is 2. The molecule has 0 aliphatic carbocycles. The second-order valence-electron chi connectivity index (χ2n) is 11.1. The van der Waals surface area contributed by atoms with E-state index in [-0.39, 0.29) is 29.4 Å². The number of anilines is 1. The first-order valence-electron chi connectivity index (χ1n) is 13.8. The maximum atomic E-state index is 13.9. The van der Waals surface area contributed by atoms with Crippen molar-refractivity contribution in [2.24, 2.45) is 0 Å². The Kier molecular flexibility index (Phi) is 8.98. The molecule has 224 valence electrons. The van der Waals surface area contributed by atoms with E-state index < -0.39 is 5.41 Å². The summed E-state index contributed by atoms with van der Waals surface area (Å²) >= 11 is 8.21. The van der Waals surface area contributed by atoms with Crippen LogP contribution in [-0.2, 0) is 21.5 Å². The van der Waals surface area contributed by atoms with Gasteiger partial charge in [0, 0.05) is 29.9 Å². The third kappa shape index (κ3) is 6.35. The van der Waals surface area contributed by atoms with Crippen molar-refractivity contribution in [1.82, 2.24) is 20.1 Å². The Labute approximate surface area is 260 Å². The predicted octanol–water partition coefficient (Wildman–Crippen LogP) is 5.72. The zero-order valence-corrected chi connectivity index (χ0v) is 26.3. The molecule has 43 heavy (non-hydrogen) atoms. The Morgan fingerprint density at radius 3 is 2.47 bits per heavy atom. The largest absolute Gasteiger partial charge is 0.493 e. The molecule has 2 amide bonds. The summed E-state index contributed by atoms with van der Waals surface area (Å²) in [6, 6.07) is 16.8. The molecule has 5 rings (SSSR count). The summed E-state index contributed by atoms with van der Waals surface area (Å²) in [4.78, 5) is 32.8. The number of nitrogens with one attached hydrogen (secondary N) is 1. The lowest BCUT2D eigenvalue weighted by molar-refractivity contribution is -0.123. The van der Waals surface area contributed by atoms with Crippen LogP contribution in [0.3, 0.4) is 0 Å². The van der Waals surface area contributed by atoms with Gasteiger partial charge in [0.1, 0.15) is 12.4 Å². The van der Waals surface area contributed by atoms with Crippen molar-refractivity contribution in [2.75, 3.05) is 31.4 Å². The van der Waals surface area contributed by atoms with Crippen LogP contribution in [0.15, 0.2) is 67.0 Å². The van der Waals surface area contributed by atoms with Gasteiger partial charge in [-0.2, -0.15) is 5.10 Å². The Morgan fingerprint density at radius 1 is 1.07 bits per heavy atom. The smallest absolute Gasteiger partial charge is 0.240 e. The quantitative estimate of drug-likeness (QED) is 0.269. The van der Waals surface area contributed by atoms with E-state index in [0.717, 1.165) is 22.4 Å². The number of benzene rings is 2. The van der Waals surface area contributed by atoms with Gasteiger partial charge in [0.15, 0.2) is 11.5 Å². The SMILES string of the molecule is COc1ccc([C@@H]2SCC(=O)N(CC(=O)NCc3ccncc3)c3c2c(C(C)(C)C)nn3-c2ccccc2Cl)cc1OC. The number of aromatic nitrogens is 3. The van der Waals surface area contributed by atoms with Gasteiger partial charge >= 0.3 is 0 Å². The van der Waals surface area contributed by atoms with Crippen LogP contribution in [0.2, 0.25) is 5.02 Å². The van der Waals surface area contributed by atoms with Crippen molar-refractivity contribution in [3.8, 4) is 17.2 Å². The molecule has 2 aromatic carbocycles. The highest BCUT2D eigenvalue weighted by Crippen LogP contribution is 2.49. The molecule has 11 heteroatoms. The van der Waals surface area contributed by atoms with E-state index in [0.29, 0.717) is 34.6 Å². The molecule has 1 aliphatic rings. The van der Waals surface area contributed by atoms with Crippen LogP contribution in [0.1, 0.15) is 48.4 Å². The van der Waals surface area contributed by atoms with Crippen molar-refractivity contribution in [1.29, 1.82) is 0 Å². The summed E-state index contributed by atoms with van der Waals surface area (Å²) in [5, 5.41) is 8.22. The van der Waals surface area contributed by atoms with Crippen LogP contribution in [0.5, 0.6) is 11.5 Å². The van der Waals surface area contributed by atoms with Crippen molar-refractivity contribution in [3.63, 3.8) is 0 Å². The third-order valence-corrected chi connectivity index (χ3v) is 8.71. The number of hydrogen-bond donors (Lipinski definition) is 1. The van der Waals surface area contributed by atoms with Crippen LogP contribution in [0, 0.1) is 0 Å². The Hall–Kier alpha value is -4.02. The molecule has 1 atom stereocenters. The molecular formula is C32H34ClN5O4S. The number of nitrogens with zero attached hydrogens (tertiary/aromatic N) is 4. The molecule has 0 saturated heterocycles. The zero-order valence-electron chi connectivity index (χ0n) is 24.8. The Balaban J connectivity index is 1.68. The monoisotopic (exact) mass is 619 g/mol. The van der Waals surface area contributed by atoms with Crippen LogP contribution in [0.4, 0.5) is 5.82 Å². The third-order valence-electron chi connectivity index (χ3n) is 7.13. The average molecular weight is 620 g/mol. The molecule has 2 aromatic heterocycles. The van der Waals surface area contributed by atoms with E-state index in [1.54, 1.807) is 37.4 Å². The fraction of sp³-hybridized carbons (Fsp3) is 0.312. The number of para-hydroxylation sites is 1. The first-order valence-corrected chi connectivity index (χ1v) is 15.2. The lowest BCUT2D eigenvalue weighted by Gasteiger charge is -2.25. The maximum absolute atomic E-state index is 13.9. The van der Waals surface area contributed by atoms with E-state index in [4.69, 9.17) is 26.2 Å². The number of carbonyl (C=O) groups excluding carboxylic acids is 2. The van der Waals surface area contributed by atoms with Crippen LogP contribution in [0.25, 0.3) is 5.69 Å². The zero-order chi connectivity index (χ0) is 30.7. The van der Waals surface area contributed by atoms with Crippen LogP contribution < -0.4 is 19.7 Å². The van der Waals surface area contributed by atoms with Gasteiger partial charge in [-0.1, -0.05) is 50.6 Å². The van der Waals surface area contributed by atoms with E-state index in [1.165, 1.54) is 16.7 Å². The topological polar surface area (TPSA) is 98.6 Å². The van der Waals surface area contributed by atoms with Crippen molar-refractivity contribution in [3.05, 3.63) is 94.4 Å². The second-order valence-corrected chi connectivity index (χ2v) is 12.6. The van der Waals surface area contributed by atoms with E-state index in [2.05, 4.69) is 31.1 Å². The number of hydrogen-bond acceptors (Lipinski definition) is 7. The fourth-order valence-electron chi connectivity index (χ4n) is 5.04. The minimum absolute atomic E-state index is 0.150. The molecule has 9 nitrogen and oxygen atoms in total. The van der Waals surface area contributed by atoms with Crippen molar-refractivity contribution < 1.29 is 19.1 Å². The van der Waals surface area contributed by atoms with Crippen molar-refractivity contribution in [2.45, 2.75) is 38.0 Å². The van der Waals surface area contributed by atoms with Crippen molar-refractivity contribution >= 4 is 41.0 Å². The molecule has 3 heterocycles. The molecule has 0 saturated carbocycles. The highest BCUT2D eigenvalue weighted by Gasteiger charge is 2.40. The summed E-state index contributed by atoms with van der Waals surface area (Å²) in [5.74, 6) is 1.36. The number of fused-ring (bicyclic) bond motifs is 1. The summed E-state index contributed by atoms with van der Waals surface area (Å²) in [6.45, 7) is 6.39. The lowest BCUT2D eigenvalue weighted by Crippen LogP contribution is -2.42. The number of halogens is 1. The molecule has 0 fully saturated rings. The van der Waals surface area contributed by atoms with Gasteiger partial charge in [-0.3, -0.25) is 19.5 Å². The number of thioether (sulfide) groups is 1. The molecule has 0 unspecified atom stereocenters. The fourth-order valence-corrected chi connectivity index (χ4v) is 6.45. The summed E-state index contributed by atoms with van der Waals surface area (Å²) < 4.78 is 12.8. The van der Waals surface area contributed by atoms with Gasteiger partial charge in [-0.25, -0.2) is 4.68 Å². The van der Waals surface area contributed by atoms with Crippen LogP contribution in [-0.4, -0.2) is 53.1 Å². The normalized spacial score (nSPS) is 15.1. The maximum Gasteiger partial charge on any atom is 0.240 e. The first-order chi connectivity index (χ1) is 20.6. The summed E-state index contributed by atoms with van der Waals surface area (Å²) in [7, 11) is 3.19. The first kappa shape index (κ1) is 30.4. The minimum Gasteiger partial charge on any atom is -0.493 e. The Morgan fingerprint density at radius 2 is 1.79 bits per heavy atom. The van der Waals surface area contributed by atoms with Gasteiger partial charge in [0.05, 0.1) is 41.6 Å². The summed E-state index contributed by atoms with van der Waals surface area (Å²) in [5.41, 5.74) is 3.68. The standard InChI is InChI=1S/C32H34ClN5O4S/c1-32(2,3)30-28-29(21-10-11-24(41-4)25(16-21)42-5)43-19-27(40)37(18-26(39)35-17-20-12-14-34-15-13-20)31(28)38(36-30)23-9-7-6-8-22(23)33/h6-16,29H,17-19H2,1-5H3,(H,35,39)/t29-/m0/s1. The van der Waals surface area contributed by atoms with Gasteiger partial charge in [0.2, 0.25) is 11.8 Å². The number of ether oxygens (including phenoxy) is 2. The van der Waals surface area contributed by atoms with Gasteiger partial charge < -0.3 is 14.8 Å². The van der Waals surface area contributed by atoms with Gasteiger partial charge in [-0.05, 0) is 47.5 Å². The van der Waals surface area contributed by atoms with Gasteiger partial charge in [-0.15, -0.1) is 11.8 Å². The molecule has 1 aliphatic heterocycles. The molecule has 4 aromatic rings. The molecule has 0 radical (unpaired) electrons. The molecule has 0 spiro atoms. The predicted molar refractivity (Wildman–Crippen MR) is 170 cm³/mol. The average Bonchev–Trinajstić information content (AvgIpc) is 3.33. The van der Waals surface area contributed by atoms with E-state index in [9.17, 15) is 9.59 Å². The second kappa shape index (κ2) is 12.7. The number of methoxy groups -OCH3 is 2. The van der Waals surface area contributed by atoms with Crippen LogP contribution >= 0.6 is 23.4 Å². The number of rotatable bonds is 8.